The van der Waals surface area contributed by atoms with E-state index in [4.69, 9.17) is 5.73 Å². The zero-order valence-electron chi connectivity index (χ0n) is 5.98. The lowest BCUT2D eigenvalue weighted by molar-refractivity contribution is -0.122. The van der Waals surface area contributed by atoms with Gasteiger partial charge in [-0.15, -0.1) is 0 Å². The molecule has 3 N–H and O–H groups in total. The summed E-state index contributed by atoms with van der Waals surface area (Å²) in [5, 5.41) is 2.49. The number of likely N-dealkylation sites (N-methyl/N-ethyl adjacent to an activating group) is 1. The van der Waals surface area contributed by atoms with Crippen molar-refractivity contribution >= 4 is 5.91 Å². The zero-order valence-corrected chi connectivity index (χ0v) is 5.98. The van der Waals surface area contributed by atoms with Gasteiger partial charge in [-0.05, 0) is 6.42 Å². The van der Waals surface area contributed by atoms with E-state index in [1.165, 1.54) is 0 Å². The second kappa shape index (κ2) is 4.32. The fraction of sp³-hybridized carbons (Fsp3) is 0.833. The molecule has 0 fully saturated rings. The molecule has 3 heteroatoms. The van der Waals surface area contributed by atoms with Crippen LogP contribution in [0, 0.1) is 0 Å². The third kappa shape index (κ3) is 3.08. The molecule has 54 valence electrons. The van der Waals surface area contributed by atoms with E-state index in [0.29, 0.717) is 0 Å². The highest BCUT2D eigenvalue weighted by molar-refractivity contribution is 5.80. The third-order valence-corrected chi connectivity index (χ3v) is 1.18. The van der Waals surface area contributed by atoms with Crippen LogP contribution in [0.2, 0.25) is 0 Å². The monoisotopic (exact) mass is 130 g/mol. The van der Waals surface area contributed by atoms with Crippen molar-refractivity contribution in [1.29, 1.82) is 0 Å². The van der Waals surface area contributed by atoms with Gasteiger partial charge in [-0.1, -0.05) is 13.3 Å². The van der Waals surface area contributed by atoms with Crippen molar-refractivity contribution in [1.82, 2.24) is 5.32 Å². The molecule has 0 heterocycles. The van der Waals surface area contributed by atoms with Crippen LogP contribution in [-0.2, 0) is 4.79 Å². The first-order valence-corrected chi connectivity index (χ1v) is 3.19. The van der Waals surface area contributed by atoms with Gasteiger partial charge in [0.25, 0.3) is 0 Å². The van der Waals surface area contributed by atoms with Crippen LogP contribution in [-0.4, -0.2) is 19.0 Å². The lowest BCUT2D eigenvalue weighted by atomic mass is 10.2. The second-order valence-corrected chi connectivity index (χ2v) is 2.01. The topological polar surface area (TPSA) is 55.1 Å². The van der Waals surface area contributed by atoms with Gasteiger partial charge >= 0.3 is 0 Å². The number of nitrogens with one attached hydrogen (secondary N) is 1. The summed E-state index contributed by atoms with van der Waals surface area (Å²) < 4.78 is 0. The van der Waals surface area contributed by atoms with Crippen molar-refractivity contribution in [2.24, 2.45) is 5.73 Å². The van der Waals surface area contributed by atoms with E-state index >= 15 is 0 Å². The maximum atomic E-state index is 10.7. The number of carbonyl (C=O) groups is 1. The van der Waals surface area contributed by atoms with Gasteiger partial charge in [-0.25, -0.2) is 0 Å². The zero-order chi connectivity index (χ0) is 7.28. The molecule has 1 amide bonds. The summed E-state index contributed by atoms with van der Waals surface area (Å²) >= 11 is 0. The van der Waals surface area contributed by atoms with Crippen molar-refractivity contribution in [3.8, 4) is 0 Å². The molecule has 0 saturated heterocycles. The van der Waals surface area contributed by atoms with E-state index in [0.717, 1.165) is 12.8 Å². The molecule has 0 rings (SSSR count). The van der Waals surface area contributed by atoms with Gasteiger partial charge in [0.1, 0.15) is 0 Å². The van der Waals surface area contributed by atoms with E-state index in [-0.39, 0.29) is 11.9 Å². The number of hydrogen-bond donors (Lipinski definition) is 2. The van der Waals surface area contributed by atoms with Crippen LogP contribution in [0.25, 0.3) is 0 Å². The normalized spacial score (nSPS) is 12.8. The summed E-state index contributed by atoms with van der Waals surface area (Å²) in [6.45, 7) is 2.00. The van der Waals surface area contributed by atoms with E-state index in [9.17, 15) is 4.79 Å². The van der Waals surface area contributed by atoms with Gasteiger partial charge in [0.15, 0.2) is 0 Å². The minimum Gasteiger partial charge on any atom is -0.358 e. The Labute approximate surface area is 55.6 Å². The second-order valence-electron chi connectivity index (χ2n) is 2.01. The smallest absolute Gasteiger partial charge is 0.236 e. The van der Waals surface area contributed by atoms with Crippen molar-refractivity contribution in [3.63, 3.8) is 0 Å². The van der Waals surface area contributed by atoms with Crippen molar-refractivity contribution < 1.29 is 4.79 Å². The summed E-state index contributed by atoms with van der Waals surface area (Å²) in [5.41, 5.74) is 5.43. The lowest BCUT2D eigenvalue weighted by Gasteiger charge is -2.06. The van der Waals surface area contributed by atoms with Crippen LogP contribution in [0.1, 0.15) is 19.8 Å². The standard InChI is InChI=1S/C6H14N2O/c1-3-4-5(7)6(9)8-2/h5H,3-4,7H2,1-2H3,(H,8,9)/t5-/m0/s1. The molecule has 9 heavy (non-hydrogen) atoms. The molecule has 0 radical (unpaired) electrons. The Balaban J connectivity index is 3.45. The predicted octanol–water partition coefficient (Wildman–Crippen LogP) is -0.140. The first-order chi connectivity index (χ1) is 4.22. The molecule has 0 aliphatic rings. The Kier molecular flexibility index (Phi) is 4.05. The van der Waals surface area contributed by atoms with Crippen molar-refractivity contribution in [2.75, 3.05) is 7.05 Å². The number of hydrogen-bond acceptors (Lipinski definition) is 2. The molecule has 0 spiro atoms. The van der Waals surface area contributed by atoms with E-state index < -0.39 is 0 Å². The lowest BCUT2D eigenvalue weighted by Crippen LogP contribution is -2.38. The van der Waals surface area contributed by atoms with E-state index in [2.05, 4.69) is 5.32 Å². The molecule has 0 bridgehead atoms. The van der Waals surface area contributed by atoms with Crippen LogP contribution in [0.15, 0.2) is 0 Å². The SMILES string of the molecule is CCC[C@H](N)C(=O)NC. The van der Waals surface area contributed by atoms with Gasteiger partial charge < -0.3 is 11.1 Å². The molecule has 0 aromatic carbocycles. The Morgan fingerprint density at radius 1 is 1.78 bits per heavy atom. The average molecular weight is 130 g/mol. The van der Waals surface area contributed by atoms with Crippen LogP contribution in [0.4, 0.5) is 0 Å². The first kappa shape index (κ1) is 8.43. The minimum absolute atomic E-state index is 0.0724. The predicted molar refractivity (Wildman–Crippen MR) is 37.0 cm³/mol. The molecule has 1 atom stereocenters. The molecule has 0 aromatic heterocycles. The van der Waals surface area contributed by atoms with Crippen LogP contribution in [0.3, 0.4) is 0 Å². The molecular weight excluding hydrogens is 116 g/mol. The van der Waals surface area contributed by atoms with Crippen LogP contribution < -0.4 is 11.1 Å². The van der Waals surface area contributed by atoms with Crippen LogP contribution >= 0.6 is 0 Å². The van der Waals surface area contributed by atoms with Crippen LogP contribution in [0.5, 0.6) is 0 Å². The quantitative estimate of drug-likeness (QED) is 0.558. The molecular formula is C6H14N2O. The summed E-state index contributed by atoms with van der Waals surface area (Å²) in [4.78, 5) is 10.7. The van der Waals surface area contributed by atoms with Crippen molar-refractivity contribution in [3.05, 3.63) is 0 Å². The highest BCUT2D eigenvalue weighted by Gasteiger charge is 2.08. The van der Waals surface area contributed by atoms with Gasteiger partial charge in [0.2, 0.25) is 5.91 Å². The Bertz CT molecular complexity index is 93.1. The van der Waals surface area contributed by atoms with Gasteiger partial charge in [-0.3, -0.25) is 4.79 Å². The van der Waals surface area contributed by atoms with Gasteiger partial charge in [0.05, 0.1) is 6.04 Å². The number of carbonyl (C=O) groups excluding carboxylic acids is 1. The largest absolute Gasteiger partial charge is 0.358 e. The molecule has 0 saturated carbocycles. The van der Waals surface area contributed by atoms with Crippen molar-refractivity contribution in [2.45, 2.75) is 25.8 Å². The van der Waals surface area contributed by atoms with Gasteiger partial charge in [-0.2, -0.15) is 0 Å². The summed E-state index contributed by atoms with van der Waals surface area (Å²) in [7, 11) is 1.60. The number of rotatable bonds is 3. The summed E-state index contributed by atoms with van der Waals surface area (Å²) in [6, 6.07) is -0.319. The van der Waals surface area contributed by atoms with Gasteiger partial charge in [0, 0.05) is 7.05 Å². The minimum atomic E-state index is -0.319. The molecule has 3 nitrogen and oxygen atoms in total. The van der Waals surface area contributed by atoms with E-state index in [1.54, 1.807) is 7.05 Å². The molecule has 0 aliphatic carbocycles. The summed E-state index contributed by atoms with van der Waals surface area (Å²) in [5.74, 6) is -0.0724. The fourth-order valence-corrected chi connectivity index (χ4v) is 0.627. The highest BCUT2D eigenvalue weighted by Crippen LogP contribution is 1.91. The Morgan fingerprint density at radius 2 is 2.33 bits per heavy atom. The average Bonchev–Trinajstić information content (AvgIpc) is 1.87. The number of amides is 1. The Hall–Kier alpha value is -0.570. The number of nitrogens with two attached hydrogens (primary N) is 1. The molecule has 0 unspecified atom stereocenters. The maximum Gasteiger partial charge on any atom is 0.236 e. The first-order valence-electron chi connectivity index (χ1n) is 3.19. The maximum absolute atomic E-state index is 10.7. The molecule has 0 aliphatic heterocycles. The summed E-state index contributed by atoms with van der Waals surface area (Å²) in [6.07, 6.45) is 1.72. The molecule has 0 aromatic rings. The third-order valence-electron chi connectivity index (χ3n) is 1.18. The fourth-order valence-electron chi connectivity index (χ4n) is 0.627. The highest BCUT2D eigenvalue weighted by atomic mass is 16.2. The van der Waals surface area contributed by atoms with E-state index in [1.807, 2.05) is 6.92 Å². The Morgan fingerprint density at radius 3 is 2.67 bits per heavy atom.